The van der Waals surface area contributed by atoms with Crippen molar-refractivity contribution >= 4 is 21.8 Å². The quantitative estimate of drug-likeness (QED) is 0.915. The molecule has 0 aromatic carbocycles. The van der Waals surface area contributed by atoms with E-state index in [4.69, 9.17) is 0 Å². The summed E-state index contributed by atoms with van der Waals surface area (Å²) in [5.74, 6) is -0.360. The van der Waals surface area contributed by atoms with Gasteiger partial charge in [0.2, 0.25) is 5.91 Å². The molecule has 0 bridgehead atoms. The number of aromatic nitrogens is 2. The van der Waals surface area contributed by atoms with Gasteiger partial charge >= 0.3 is 6.18 Å². The SMILES string of the molecule is CCC(C)NC(=O)Cn1nc(C(F)(F)F)c(Br)c1C. The van der Waals surface area contributed by atoms with Gasteiger partial charge in [0.05, 0.1) is 10.2 Å². The van der Waals surface area contributed by atoms with E-state index in [9.17, 15) is 18.0 Å². The Hall–Kier alpha value is -1.05. The molecule has 0 aliphatic carbocycles. The second kappa shape index (κ2) is 5.94. The van der Waals surface area contributed by atoms with Crippen molar-refractivity contribution in [3.05, 3.63) is 15.9 Å². The van der Waals surface area contributed by atoms with Crippen LogP contribution >= 0.6 is 15.9 Å². The van der Waals surface area contributed by atoms with Crippen molar-refractivity contribution in [3.63, 3.8) is 0 Å². The van der Waals surface area contributed by atoms with Gasteiger partial charge in [-0.25, -0.2) is 0 Å². The van der Waals surface area contributed by atoms with Crippen LogP contribution in [0.1, 0.15) is 31.7 Å². The fourth-order valence-corrected chi connectivity index (χ4v) is 1.93. The fourth-order valence-electron chi connectivity index (χ4n) is 1.42. The van der Waals surface area contributed by atoms with E-state index in [1.54, 1.807) is 0 Å². The van der Waals surface area contributed by atoms with Crippen LogP contribution in [0.4, 0.5) is 13.2 Å². The average molecular weight is 342 g/mol. The Morgan fingerprint density at radius 3 is 2.53 bits per heavy atom. The van der Waals surface area contributed by atoms with Crippen LogP contribution in [-0.2, 0) is 17.5 Å². The third-order valence-corrected chi connectivity index (χ3v) is 3.66. The second-order valence-electron chi connectivity index (χ2n) is 4.28. The minimum atomic E-state index is -4.54. The molecule has 1 aromatic heterocycles. The van der Waals surface area contributed by atoms with Crippen LogP contribution in [0.5, 0.6) is 0 Å². The third kappa shape index (κ3) is 3.95. The van der Waals surface area contributed by atoms with Crippen LogP contribution in [0, 0.1) is 6.92 Å². The molecule has 0 aliphatic rings. The van der Waals surface area contributed by atoms with E-state index in [1.807, 2.05) is 13.8 Å². The van der Waals surface area contributed by atoms with Crippen LogP contribution in [0.2, 0.25) is 0 Å². The van der Waals surface area contributed by atoms with E-state index in [0.717, 1.165) is 11.1 Å². The summed E-state index contributed by atoms with van der Waals surface area (Å²) in [5, 5.41) is 6.11. The summed E-state index contributed by atoms with van der Waals surface area (Å²) in [7, 11) is 0. The predicted molar refractivity (Wildman–Crippen MR) is 67.6 cm³/mol. The lowest BCUT2D eigenvalue weighted by atomic mass is 10.2. The average Bonchev–Trinajstić information content (AvgIpc) is 2.56. The molecule has 1 aromatic rings. The lowest BCUT2D eigenvalue weighted by Gasteiger charge is -2.11. The molecule has 0 saturated heterocycles. The lowest BCUT2D eigenvalue weighted by Crippen LogP contribution is -2.35. The maximum Gasteiger partial charge on any atom is 0.436 e. The largest absolute Gasteiger partial charge is 0.436 e. The van der Waals surface area contributed by atoms with E-state index in [2.05, 4.69) is 26.3 Å². The summed E-state index contributed by atoms with van der Waals surface area (Å²) < 4.78 is 38.8. The van der Waals surface area contributed by atoms with Gasteiger partial charge in [-0.15, -0.1) is 0 Å². The highest BCUT2D eigenvalue weighted by molar-refractivity contribution is 9.10. The third-order valence-electron chi connectivity index (χ3n) is 2.72. The smallest absolute Gasteiger partial charge is 0.352 e. The Labute approximate surface area is 117 Å². The monoisotopic (exact) mass is 341 g/mol. The van der Waals surface area contributed by atoms with Crippen LogP contribution in [0.3, 0.4) is 0 Å². The zero-order valence-electron chi connectivity index (χ0n) is 10.8. The molecular formula is C11H15BrF3N3O. The number of hydrogen-bond acceptors (Lipinski definition) is 2. The Balaban J connectivity index is 2.89. The molecule has 0 aliphatic heterocycles. The number of amides is 1. The number of rotatable bonds is 4. The van der Waals surface area contributed by atoms with Crippen molar-refractivity contribution in [2.24, 2.45) is 0 Å². The number of halogens is 4. The molecule has 0 saturated carbocycles. The molecule has 0 spiro atoms. The van der Waals surface area contributed by atoms with E-state index >= 15 is 0 Å². The molecule has 4 nitrogen and oxygen atoms in total. The van der Waals surface area contributed by atoms with Gasteiger partial charge in [0.25, 0.3) is 0 Å². The molecular weight excluding hydrogens is 327 g/mol. The highest BCUT2D eigenvalue weighted by atomic mass is 79.9. The van der Waals surface area contributed by atoms with Crippen molar-refractivity contribution in [2.75, 3.05) is 0 Å². The molecule has 1 heterocycles. The van der Waals surface area contributed by atoms with E-state index in [1.165, 1.54) is 6.92 Å². The van der Waals surface area contributed by atoms with Crippen LogP contribution in [-0.4, -0.2) is 21.7 Å². The number of carbonyl (C=O) groups is 1. The van der Waals surface area contributed by atoms with Crippen molar-refractivity contribution in [2.45, 2.75) is 46.0 Å². The van der Waals surface area contributed by atoms with Crippen molar-refractivity contribution in [3.8, 4) is 0 Å². The maximum absolute atomic E-state index is 12.6. The number of nitrogens with one attached hydrogen (secondary N) is 1. The zero-order valence-corrected chi connectivity index (χ0v) is 12.4. The summed E-state index contributed by atoms with van der Waals surface area (Å²) in [4.78, 5) is 11.6. The molecule has 0 radical (unpaired) electrons. The number of nitrogens with zero attached hydrogens (tertiary/aromatic N) is 2. The number of carbonyl (C=O) groups excluding carboxylic acids is 1. The Bertz CT molecular complexity index is 470. The lowest BCUT2D eigenvalue weighted by molar-refractivity contribution is -0.142. The summed E-state index contributed by atoms with van der Waals surface area (Å²) in [6, 6.07) is -0.0195. The molecule has 1 rings (SSSR count). The van der Waals surface area contributed by atoms with E-state index < -0.39 is 11.9 Å². The van der Waals surface area contributed by atoms with Crippen LogP contribution < -0.4 is 5.32 Å². The molecule has 1 N–H and O–H groups in total. The highest BCUT2D eigenvalue weighted by Gasteiger charge is 2.38. The van der Waals surface area contributed by atoms with Gasteiger partial charge in [-0.1, -0.05) is 6.92 Å². The van der Waals surface area contributed by atoms with Crippen LogP contribution in [0.15, 0.2) is 4.47 Å². The van der Waals surface area contributed by atoms with E-state index in [0.29, 0.717) is 0 Å². The van der Waals surface area contributed by atoms with Crippen molar-refractivity contribution in [1.82, 2.24) is 15.1 Å². The second-order valence-corrected chi connectivity index (χ2v) is 5.07. The van der Waals surface area contributed by atoms with Gasteiger partial charge in [0.1, 0.15) is 6.54 Å². The molecule has 1 amide bonds. The minimum absolute atomic E-state index is 0.0195. The minimum Gasteiger partial charge on any atom is -0.352 e. The molecule has 0 fully saturated rings. The molecule has 1 atom stereocenters. The highest BCUT2D eigenvalue weighted by Crippen LogP contribution is 2.35. The van der Waals surface area contributed by atoms with Gasteiger partial charge < -0.3 is 5.32 Å². The van der Waals surface area contributed by atoms with E-state index in [-0.39, 0.29) is 28.7 Å². The normalized spacial score (nSPS) is 13.4. The van der Waals surface area contributed by atoms with Crippen molar-refractivity contribution in [1.29, 1.82) is 0 Å². The number of hydrogen-bond donors (Lipinski definition) is 1. The Morgan fingerprint density at radius 2 is 2.11 bits per heavy atom. The summed E-state index contributed by atoms with van der Waals surface area (Å²) >= 11 is 2.86. The van der Waals surface area contributed by atoms with Gasteiger partial charge in [0, 0.05) is 6.04 Å². The maximum atomic E-state index is 12.6. The summed E-state index contributed by atoms with van der Waals surface area (Å²) in [5.41, 5.74) is -0.743. The summed E-state index contributed by atoms with van der Waals surface area (Å²) in [6.07, 6.45) is -3.79. The topological polar surface area (TPSA) is 46.9 Å². The van der Waals surface area contributed by atoms with Crippen LogP contribution in [0.25, 0.3) is 0 Å². The van der Waals surface area contributed by atoms with Crippen molar-refractivity contribution < 1.29 is 18.0 Å². The first-order chi connectivity index (χ1) is 8.66. The Morgan fingerprint density at radius 1 is 1.53 bits per heavy atom. The molecule has 1 unspecified atom stereocenters. The first-order valence-electron chi connectivity index (χ1n) is 5.76. The fraction of sp³-hybridized carbons (Fsp3) is 0.636. The summed E-state index contributed by atoms with van der Waals surface area (Å²) in [6.45, 7) is 4.97. The van der Waals surface area contributed by atoms with Gasteiger partial charge in [0.15, 0.2) is 5.69 Å². The zero-order chi connectivity index (χ0) is 14.8. The van der Waals surface area contributed by atoms with Gasteiger partial charge in [-0.3, -0.25) is 9.48 Å². The van der Waals surface area contributed by atoms with Gasteiger partial charge in [-0.2, -0.15) is 18.3 Å². The molecule has 19 heavy (non-hydrogen) atoms. The Kier molecular flexibility index (Phi) is 5.00. The molecule has 8 heteroatoms. The first-order valence-corrected chi connectivity index (χ1v) is 6.55. The first kappa shape index (κ1) is 16.0. The predicted octanol–water partition coefficient (Wildman–Crippen LogP) is 2.89. The standard InChI is InChI=1S/C11H15BrF3N3O/c1-4-6(2)16-8(19)5-18-7(3)9(12)10(17-18)11(13,14)15/h6H,4-5H2,1-3H3,(H,16,19). The number of alkyl halides is 3. The van der Waals surface area contributed by atoms with Gasteiger partial charge in [-0.05, 0) is 36.2 Å². The molecule has 108 valence electrons.